The van der Waals surface area contributed by atoms with E-state index in [2.05, 4.69) is 0 Å². The maximum atomic E-state index is 10.8. The van der Waals surface area contributed by atoms with Crippen LogP contribution in [0.2, 0.25) is 10.0 Å². The molecule has 1 aliphatic rings. The van der Waals surface area contributed by atoms with Crippen molar-refractivity contribution in [2.75, 3.05) is 26.7 Å². The Hall–Kier alpha value is -0.850. The number of halogens is 2. The molecule has 2 N–H and O–H groups in total. The minimum Gasteiger partial charge on any atom is -0.480 e. The molecule has 1 aromatic carbocycles. The summed E-state index contributed by atoms with van der Waals surface area (Å²) in [5.74, 6) is -0.905. The summed E-state index contributed by atoms with van der Waals surface area (Å²) < 4.78 is 0. The normalized spacial score (nSPS) is 22.9. The van der Waals surface area contributed by atoms with Crippen molar-refractivity contribution in [1.29, 1.82) is 0 Å². The number of carbonyl (C=O) groups is 1. The lowest BCUT2D eigenvalue weighted by Gasteiger charge is -2.24. The molecule has 0 aromatic heterocycles. The summed E-state index contributed by atoms with van der Waals surface area (Å²) in [7, 11) is 1.70. The highest BCUT2D eigenvalue weighted by molar-refractivity contribution is 6.35. The number of likely N-dealkylation sites (tertiary alicyclic amines) is 1. The fourth-order valence-corrected chi connectivity index (χ4v) is 3.16. The van der Waals surface area contributed by atoms with E-state index in [0.29, 0.717) is 29.7 Å². The third kappa shape index (κ3) is 4.08. The average molecular weight is 333 g/mol. The number of carboxylic acids is 1. The van der Waals surface area contributed by atoms with Crippen molar-refractivity contribution in [2.24, 2.45) is 0 Å². The zero-order valence-corrected chi connectivity index (χ0v) is 13.2. The molecule has 2 atom stereocenters. The number of aliphatic hydroxyl groups excluding tert-OH is 1. The Morgan fingerprint density at radius 1 is 1.38 bits per heavy atom. The Morgan fingerprint density at radius 2 is 2.00 bits per heavy atom. The van der Waals surface area contributed by atoms with Gasteiger partial charge in [0.05, 0.1) is 12.6 Å². The van der Waals surface area contributed by atoms with Gasteiger partial charge in [-0.25, -0.2) is 0 Å². The van der Waals surface area contributed by atoms with Crippen LogP contribution < -0.4 is 0 Å². The van der Waals surface area contributed by atoms with Gasteiger partial charge in [0.15, 0.2) is 0 Å². The van der Waals surface area contributed by atoms with Crippen molar-refractivity contribution in [3.63, 3.8) is 0 Å². The molecule has 1 fully saturated rings. The summed E-state index contributed by atoms with van der Waals surface area (Å²) in [6.07, 6.45) is -0.587. The molecule has 1 aromatic rings. The first-order chi connectivity index (χ1) is 9.88. The summed E-state index contributed by atoms with van der Waals surface area (Å²) in [6.45, 7) is 1.48. The van der Waals surface area contributed by atoms with Gasteiger partial charge in [-0.1, -0.05) is 29.3 Å². The van der Waals surface area contributed by atoms with Gasteiger partial charge in [-0.05, 0) is 19.2 Å². The Morgan fingerprint density at radius 3 is 2.57 bits per heavy atom. The molecule has 1 aliphatic heterocycles. The van der Waals surface area contributed by atoms with Crippen LogP contribution in [0.4, 0.5) is 0 Å². The second-order valence-corrected chi connectivity index (χ2v) is 6.15. The van der Waals surface area contributed by atoms with E-state index in [1.165, 1.54) is 0 Å². The lowest BCUT2D eigenvalue weighted by molar-refractivity contribution is -0.138. The molecule has 2 rings (SSSR count). The summed E-state index contributed by atoms with van der Waals surface area (Å²) >= 11 is 12.3. The summed E-state index contributed by atoms with van der Waals surface area (Å²) in [4.78, 5) is 14.4. The van der Waals surface area contributed by atoms with Crippen LogP contribution in [-0.2, 0) is 11.3 Å². The van der Waals surface area contributed by atoms with Crippen molar-refractivity contribution in [3.05, 3.63) is 33.8 Å². The number of aliphatic hydroxyl groups is 1. The Bertz CT molecular complexity index is 507. The van der Waals surface area contributed by atoms with Crippen LogP contribution in [0.3, 0.4) is 0 Å². The molecule has 1 heterocycles. The highest BCUT2D eigenvalue weighted by Crippen LogP contribution is 2.27. The third-order valence-corrected chi connectivity index (χ3v) is 4.44. The lowest BCUT2D eigenvalue weighted by atomic mass is 10.2. The SMILES string of the molecule is CN(CC(=O)O)[C@H]1CN(Cc2c(Cl)cccc2Cl)C[C@H]1O. The maximum Gasteiger partial charge on any atom is 0.317 e. The number of likely N-dealkylation sites (N-methyl/N-ethyl adjacent to an activating group) is 1. The van der Waals surface area contributed by atoms with E-state index in [0.717, 1.165) is 5.56 Å². The standard InChI is InChI=1S/C14H18Cl2N2O3/c1-17(8-14(20)21)12-6-18(7-13(12)19)5-9-10(15)3-2-4-11(9)16/h2-4,12-13,19H,5-8H2,1H3,(H,20,21)/t12-,13+/m0/s1. The van der Waals surface area contributed by atoms with Crippen molar-refractivity contribution >= 4 is 29.2 Å². The second kappa shape index (κ2) is 6.94. The first-order valence-electron chi connectivity index (χ1n) is 6.64. The van der Waals surface area contributed by atoms with Crippen molar-refractivity contribution < 1.29 is 15.0 Å². The number of β-amino-alcohol motifs (C(OH)–C–C–N with tert-alkyl or cyclic N) is 1. The molecule has 21 heavy (non-hydrogen) atoms. The van der Waals surface area contributed by atoms with Gasteiger partial charge in [-0.3, -0.25) is 14.6 Å². The third-order valence-electron chi connectivity index (χ3n) is 3.73. The first kappa shape index (κ1) is 16.5. The molecule has 0 aliphatic carbocycles. The van der Waals surface area contributed by atoms with E-state index in [1.807, 2.05) is 4.90 Å². The van der Waals surface area contributed by atoms with E-state index >= 15 is 0 Å². The largest absolute Gasteiger partial charge is 0.480 e. The highest BCUT2D eigenvalue weighted by atomic mass is 35.5. The monoisotopic (exact) mass is 332 g/mol. The number of carboxylic acid groups (broad SMARTS) is 1. The van der Waals surface area contributed by atoms with Crippen molar-refractivity contribution in [3.8, 4) is 0 Å². The molecular weight excluding hydrogens is 315 g/mol. The number of aliphatic carboxylic acids is 1. The van der Waals surface area contributed by atoms with Gasteiger partial charge in [-0.2, -0.15) is 0 Å². The van der Waals surface area contributed by atoms with E-state index < -0.39 is 12.1 Å². The smallest absolute Gasteiger partial charge is 0.317 e. The lowest BCUT2D eigenvalue weighted by Crippen LogP contribution is -2.43. The van der Waals surface area contributed by atoms with Gasteiger partial charge < -0.3 is 10.2 Å². The van der Waals surface area contributed by atoms with Gasteiger partial charge in [0, 0.05) is 41.3 Å². The first-order valence-corrected chi connectivity index (χ1v) is 7.39. The molecule has 0 spiro atoms. The maximum absolute atomic E-state index is 10.8. The zero-order chi connectivity index (χ0) is 15.6. The summed E-state index contributed by atoms with van der Waals surface area (Å²) in [6, 6.07) is 5.14. The van der Waals surface area contributed by atoms with E-state index in [9.17, 15) is 9.90 Å². The van der Waals surface area contributed by atoms with Gasteiger partial charge in [0.25, 0.3) is 0 Å². The van der Waals surface area contributed by atoms with Gasteiger partial charge in [0.1, 0.15) is 0 Å². The predicted octanol–water partition coefficient (Wildman–Crippen LogP) is 1.55. The number of hydrogen-bond acceptors (Lipinski definition) is 4. The van der Waals surface area contributed by atoms with E-state index in [-0.39, 0.29) is 12.6 Å². The molecule has 116 valence electrons. The Labute approximate surface area is 133 Å². The van der Waals surface area contributed by atoms with Crippen LogP contribution >= 0.6 is 23.2 Å². The highest BCUT2D eigenvalue weighted by Gasteiger charge is 2.34. The van der Waals surface area contributed by atoms with Crippen LogP contribution in [0.15, 0.2) is 18.2 Å². The minimum absolute atomic E-state index is 0.0948. The fourth-order valence-electron chi connectivity index (χ4n) is 2.65. The van der Waals surface area contributed by atoms with Crippen LogP contribution in [0.25, 0.3) is 0 Å². The van der Waals surface area contributed by atoms with Crippen LogP contribution in [-0.4, -0.2) is 64.8 Å². The summed E-state index contributed by atoms with van der Waals surface area (Å²) in [5.41, 5.74) is 0.828. The van der Waals surface area contributed by atoms with Gasteiger partial charge in [-0.15, -0.1) is 0 Å². The summed E-state index contributed by atoms with van der Waals surface area (Å²) in [5, 5.41) is 20.1. The van der Waals surface area contributed by atoms with Crippen LogP contribution in [0.1, 0.15) is 5.56 Å². The minimum atomic E-state index is -0.905. The quantitative estimate of drug-likeness (QED) is 0.856. The molecule has 5 nitrogen and oxygen atoms in total. The zero-order valence-electron chi connectivity index (χ0n) is 11.7. The molecule has 1 saturated heterocycles. The number of hydrogen-bond donors (Lipinski definition) is 2. The Balaban J connectivity index is 2.02. The topological polar surface area (TPSA) is 64.0 Å². The van der Waals surface area contributed by atoms with E-state index in [1.54, 1.807) is 30.1 Å². The molecule has 0 radical (unpaired) electrons. The molecule has 0 saturated carbocycles. The van der Waals surface area contributed by atoms with Gasteiger partial charge in [0.2, 0.25) is 0 Å². The number of benzene rings is 1. The van der Waals surface area contributed by atoms with Crippen molar-refractivity contribution in [2.45, 2.75) is 18.7 Å². The molecule has 0 amide bonds. The molecular formula is C14H18Cl2N2O3. The fraction of sp³-hybridized carbons (Fsp3) is 0.500. The molecule has 7 heteroatoms. The van der Waals surface area contributed by atoms with Crippen LogP contribution in [0, 0.1) is 0 Å². The molecule has 0 bridgehead atoms. The molecule has 0 unspecified atom stereocenters. The number of nitrogens with zero attached hydrogens (tertiary/aromatic N) is 2. The van der Waals surface area contributed by atoms with Gasteiger partial charge >= 0.3 is 5.97 Å². The van der Waals surface area contributed by atoms with E-state index in [4.69, 9.17) is 28.3 Å². The second-order valence-electron chi connectivity index (χ2n) is 5.34. The predicted molar refractivity (Wildman–Crippen MR) is 81.8 cm³/mol. The number of rotatable bonds is 5. The van der Waals surface area contributed by atoms with Crippen molar-refractivity contribution in [1.82, 2.24) is 9.80 Å². The average Bonchev–Trinajstić information content (AvgIpc) is 2.74. The Kier molecular flexibility index (Phi) is 5.46. The van der Waals surface area contributed by atoms with Crippen LogP contribution in [0.5, 0.6) is 0 Å².